The van der Waals surface area contributed by atoms with Crippen molar-refractivity contribution in [1.82, 2.24) is 9.80 Å². The molecule has 2 aliphatic carbocycles. The third-order valence-corrected chi connectivity index (χ3v) is 7.34. The molecular formula is C23H33N3O. The van der Waals surface area contributed by atoms with E-state index in [1.165, 1.54) is 62.9 Å². The Balaban J connectivity index is 1.17. The summed E-state index contributed by atoms with van der Waals surface area (Å²) in [4.78, 5) is 20.3. The Labute approximate surface area is 163 Å². The molecule has 4 heteroatoms. The van der Waals surface area contributed by atoms with Crippen molar-refractivity contribution < 1.29 is 4.79 Å². The Bertz CT molecular complexity index is 672. The van der Waals surface area contributed by atoms with Crippen molar-refractivity contribution >= 4 is 11.6 Å². The lowest BCUT2D eigenvalue weighted by Gasteiger charge is -2.43. The Kier molecular flexibility index (Phi) is 4.85. The standard InChI is InChI=1S/C23H33N3O/c27-23(26-14-12-25(13-15-26)19-7-5-8-19)22-17-21(22)18-6-4-9-20(16-18)24-10-2-1-3-11-24/h4,6,9,16,19,21-22H,1-3,5,7-8,10-15,17H2/t21-,22+/m0/s1. The van der Waals surface area contributed by atoms with Crippen molar-refractivity contribution in [3.05, 3.63) is 29.8 Å². The summed E-state index contributed by atoms with van der Waals surface area (Å²) in [6, 6.07) is 9.84. The minimum atomic E-state index is 0.233. The van der Waals surface area contributed by atoms with Gasteiger partial charge in [0.2, 0.25) is 5.91 Å². The lowest BCUT2D eigenvalue weighted by molar-refractivity contribution is -0.135. The molecule has 4 fully saturated rings. The van der Waals surface area contributed by atoms with Crippen molar-refractivity contribution in [3.63, 3.8) is 0 Å². The third kappa shape index (κ3) is 3.61. The van der Waals surface area contributed by atoms with Crippen LogP contribution < -0.4 is 4.90 Å². The molecule has 2 atom stereocenters. The summed E-state index contributed by atoms with van der Waals surface area (Å²) < 4.78 is 0. The van der Waals surface area contributed by atoms with E-state index in [0.29, 0.717) is 11.8 Å². The van der Waals surface area contributed by atoms with E-state index in [0.717, 1.165) is 38.6 Å². The lowest BCUT2D eigenvalue weighted by Crippen LogP contribution is -2.53. The first-order valence-corrected chi connectivity index (χ1v) is 11.2. The third-order valence-electron chi connectivity index (χ3n) is 7.34. The molecule has 2 saturated carbocycles. The molecule has 1 amide bonds. The molecule has 1 aromatic carbocycles. The van der Waals surface area contributed by atoms with Crippen molar-refractivity contribution in [2.75, 3.05) is 44.2 Å². The smallest absolute Gasteiger partial charge is 0.226 e. The minimum absolute atomic E-state index is 0.233. The molecule has 0 N–H and O–H groups in total. The molecule has 0 aromatic heterocycles. The van der Waals surface area contributed by atoms with Crippen LogP contribution in [-0.2, 0) is 4.79 Å². The molecule has 0 unspecified atom stereocenters. The van der Waals surface area contributed by atoms with Gasteiger partial charge in [-0.1, -0.05) is 18.6 Å². The minimum Gasteiger partial charge on any atom is -0.372 e. The maximum atomic E-state index is 13.0. The van der Waals surface area contributed by atoms with Crippen molar-refractivity contribution in [1.29, 1.82) is 0 Å². The van der Waals surface area contributed by atoms with Gasteiger partial charge in [-0.3, -0.25) is 9.69 Å². The van der Waals surface area contributed by atoms with Crippen LogP contribution in [0.15, 0.2) is 24.3 Å². The van der Waals surface area contributed by atoms with E-state index in [2.05, 4.69) is 39.0 Å². The van der Waals surface area contributed by atoms with Gasteiger partial charge in [0.1, 0.15) is 0 Å². The van der Waals surface area contributed by atoms with Crippen LogP contribution in [0.2, 0.25) is 0 Å². The summed E-state index contributed by atoms with van der Waals surface area (Å²) in [6.45, 7) is 6.40. The maximum absolute atomic E-state index is 13.0. The second-order valence-electron chi connectivity index (χ2n) is 9.04. The summed E-state index contributed by atoms with van der Waals surface area (Å²) >= 11 is 0. The first-order chi connectivity index (χ1) is 13.3. The molecular weight excluding hydrogens is 334 g/mol. The predicted molar refractivity (Wildman–Crippen MR) is 109 cm³/mol. The molecule has 27 heavy (non-hydrogen) atoms. The number of hydrogen-bond acceptors (Lipinski definition) is 3. The fourth-order valence-electron chi connectivity index (χ4n) is 5.23. The van der Waals surface area contributed by atoms with E-state index in [4.69, 9.17) is 0 Å². The Morgan fingerprint density at radius 1 is 0.889 bits per heavy atom. The van der Waals surface area contributed by atoms with Gasteiger partial charge in [0.25, 0.3) is 0 Å². The first kappa shape index (κ1) is 17.5. The van der Waals surface area contributed by atoms with Crippen molar-refractivity contribution in [2.24, 2.45) is 5.92 Å². The van der Waals surface area contributed by atoms with E-state index in [9.17, 15) is 4.79 Å². The van der Waals surface area contributed by atoms with Crippen LogP contribution >= 0.6 is 0 Å². The Morgan fingerprint density at radius 3 is 2.37 bits per heavy atom. The van der Waals surface area contributed by atoms with Gasteiger partial charge in [-0.2, -0.15) is 0 Å². The summed E-state index contributed by atoms with van der Waals surface area (Å²) in [5.41, 5.74) is 2.74. The maximum Gasteiger partial charge on any atom is 0.226 e. The van der Waals surface area contributed by atoms with Crippen molar-refractivity contribution in [3.8, 4) is 0 Å². The van der Waals surface area contributed by atoms with Crippen LogP contribution in [-0.4, -0.2) is 61.0 Å². The average Bonchev–Trinajstić information content (AvgIpc) is 3.48. The SMILES string of the molecule is O=C([C@@H]1C[C@H]1c1cccc(N2CCCCC2)c1)N1CCN(C2CCC2)CC1. The second-order valence-corrected chi connectivity index (χ2v) is 9.04. The summed E-state index contributed by atoms with van der Waals surface area (Å²) in [7, 11) is 0. The van der Waals surface area contributed by atoms with E-state index in [-0.39, 0.29) is 5.92 Å². The number of carbonyl (C=O) groups is 1. The van der Waals surface area contributed by atoms with Crippen molar-refractivity contribution in [2.45, 2.75) is 56.9 Å². The highest BCUT2D eigenvalue weighted by atomic mass is 16.2. The molecule has 2 aliphatic heterocycles. The number of rotatable bonds is 4. The molecule has 0 bridgehead atoms. The number of piperidine rings is 1. The van der Waals surface area contributed by atoms with Gasteiger partial charge in [-0.25, -0.2) is 0 Å². The van der Waals surface area contributed by atoms with Crippen LogP contribution in [0, 0.1) is 5.92 Å². The van der Waals surface area contributed by atoms with E-state index in [1.807, 2.05) is 0 Å². The van der Waals surface area contributed by atoms with Crippen LogP contribution in [0.4, 0.5) is 5.69 Å². The van der Waals surface area contributed by atoms with Crippen LogP contribution in [0.3, 0.4) is 0 Å². The molecule has 4 nitrogen and oxygen atoms in total. The van der Waals surface area contributed by atoms with Crippen LogP contribution in [0.1, 0.15) is 56.4 Å². The molecule has 0 radical (unpaired) electrons. The summed E-state index contributed by atoms with van der Waals surface area (Å²) in [5, 5.41) is 0. The molecule has 4 aliphatic rings. The zero-order valence-corrected chi connectivity index (χ0v) is 16.5. The van der Waals surface area contributed by atoms with E-state index in [1.54, 1.807) is 0 Å². The van der Waals surface area contributed by atoms with E-state index >= 15 is 0 Å². The number of hydrogen-bond donors (Lipinski definition) is 0. The average molecular weight is 368 g/mol. The number of benzene rings is 1. The normalized spacial score (nSPS) is 29.5. The fourth-order valence-corrected chi connectivity index (χ4v) is 5.23. The quantitative estimate of drug-likeness (QED) is 0.815. The predicted octanol–water partition coefficient (Wildman–Crippen LogP) is 3.48. The Morgan fingerprint density at radius 2 is 1.67 bits per heavy atom. The number of anilines is 1. The van der Waals surface area contributed by atoms with Crippen LogP contribution in [0.5, 0.6) is 0 Å². The number of amides is 1. The molecule has 2 saturated heterocycles. The molecule has 1 aromatic rings. The number of nitrogens with zero attached hydrogens (tertiary/aromatic N) is 3. The summed E-state index contributed by atoms with van der Waals surface area (Å²) in [5.74, 6) is 1.10. The van der Waals surface area contributed by atoms with Crippen LogP contribution in [0.25, 0.3) is 0 Å². The molecule has 146 valence electrons. The van der Waals surface area contributed by atoms with Gasteiger partial charge < -0.3 is 9.80 Å². The monoisotopic (exact) mass is 367 g/mol. The zero-order valence-electron chi connectivity index (χ0n) is 16.5. The van der Waals surface area contributed by atoms with Gasteiger partial charge in [0.05, 0.1) is 0 Å². The zero-order chi connectivity index (χ0) is 18.2. The van der Waals surface area contributed by atoms with Gasteiger partial charge in [-0.15, -0.1) is 0 Å². The molecule has 0 spiro atoms. The highest BCUT2D eigenvalue weighted by molar-refractivity contribution is 5.83. The first-order valence-electron chi connectivity index (χ1n) is 11.2. The highest BCUT2D eigenvalue weighted by Gasteiger charge is 2.46. The summed E-state index contributed by atoms with van der Waals surface area (Å²) in [6.07, 6.45) is 9.15. The topological polar surface area (TPSA) is 26.8 Å². The molecule has 2 heterocycles. The second kappa shape index (κ2) is 7.46. The largest absolute Gasteiger partial charge is 0.372 e. The number of carbonyl (C=O) groups excluding carboxylic acids is 1. The molecule has 5 rings (SSSR count). The van der Waals surface area contributed by atoms with Gasteiger partial charge in [-0.05, 0) is 62.1 Å². The van der Waals surface area contributed by atoms with E-state index < -0.39 is 0 Å². The number of piperazine rings is 1. The lowest BCUT2D eigenvalue weighted by atomic mass is 9.91. The Hall–Kier alpha value is -1.55. The van der Waals surface area contributed by atoms with Gasteiger partial charge >= 0.3 is 0 Å². The van der Waals surface area contributed by atoms with Gasteiger partial charge in [0, 0.05) is 56.9 Å². The fraction of sp³-hybridized carbons (Fsp3) is 0.696. The van der Waals surface area contributed by atoms with Gasteiger partial charge in [0.15, 0.2) is 0 Å². The highest BCUT2D eigenvalue weighted by Crippen LogP contribution is 2.49.